The Morgan fingerprint density at radius 1 is 1.56 bits per heavy atom. The van der Waals surface area contributed by atoms with Crippen LogP contribution in [0.15, 0.2) is 29.1 Å². The zero-order chi connectivity index (χ0) is 11.5. The van der Waals surface area contributed by atoms with E-state index in [9.17, 15) is 4.79 Å². The van der Waals surface area contributed by atoms with Gasteiger partial charge in [0.25, 0.3) is 5.19 Å². The van der Waals surface area contributed by atoms with Gasteiger partial charge in [-0.05, 0) is 28.1 Å². The van der Waals surface area contributed by atoms with Gasteiger partial charge in [0.1, 0.15) is 15.2 Å². The topological polar surface area (TPSA) is 72.3 Å². The highest BCUT2D eigenvalue weighted by molar-refractivity contribution is 9.10. The summed E-state index contributed by atoms with van der Waals surface area (Å²) >= 11 is 4.01. The van der Waals surface area contributed by atoms with E-state index in [1.165, 1.54) is 6.20 Å². The van der Waals surface area contributed by atoms with Crippen molar-refractivity contribution in [2.24, 2.45) is 0 Å². The molecule has 0 bridgehead atoms. The Morgan fingerprint density at radius 3 is 2.94 bits per heavy atom. The van der Waals surface area contributed by atoms with Gasteiger partial charge in [0, 0.05) is 6.20 Å². The number of hydrogen-bond donors (Lipinski definition) is 1. The largest absolute Gasteiger partial charge is 0.477 e. The van der Waals surface area contributed by atoms with Crippen molar-refractivity contribution in [2.75, 3.05) is 0 Å². The van der Waals surface area contributed by atoms with E-state index in [4.69, 9.17) is 9.84 Å². The normalized spacial score (nSPS) is 10.1. The first-order chi connectivity index (χ1) is 7.66. The van der Waals surface area contributed by atoms with Crippen LogP contribution in [0.3, 0.4) is 0 Å². The summed E-state index contributed by atoms with van der Waals surface area (Å²) in [5.74, 6) is -0.522. The lowest BCUT2D eigenvalue weighted by molar-refractivity contribution is 0.0701. The van der Waals surface area contributed by atoms with Crippen LogP contribution < -0.4 is 4.74 Å². The molecule has 0 aliphatic rings. The summed E-state index contributed by atoms with van der Waals surface area (Å²) in [5.41, 5.74) is 0. The van der Waals surface area contributed by atoms with Gasteiger partial charge in [-0.1, -0.05) is 11.3 Å². The minimum atomic E-state index is -1.04. The van der Waals surface area contributed by atoms with Gasteiger partial charge in [-0.15, -0.1) is 0 Å². The second-order valence-electron chi connectivity index (χ2n) is 2.70. The van der Waals surface area contributed by atoms with Crippen molar-refractivity contribution >= 4 is 33.2 Å². The molecule has 2 rings (SSSR count). The molecule has 0 aromatic carbocycles. The molecule has 2 aromatic rings. The Kier molecular flexibility index (Phi) is 3.16. The highest BCUT2D eigenvalue weighted by Crippen LogP contribution is 2.31. The maximum absolute atomic E-state index is 10.8. The minimum Gasteiger partial charge on any atom is -0.477 e. The van der Waals surface area contributed by atoms with Crippen molar-refractivity contribution in [1.82, 2.24) is 9.97 Å². The first-order valence-corrected chi connectivity index (χ1v) is 5.75. The Hall–Kier alpha value is -1.47. The Bertz CT molecular complexity index is 515. The third-order valence-electron chi connectivity index (χ3n) is 1.60. The Balaban J connectivity index is 2.23. The van der Waals surface area contributed by atoms with E-state index in [0.29, 0.717) is 5.75 Å². The number of aromatic nitrogens is 2. The van der Waals surface area contributed by atoms with Gasteiger partial charge in [-0.2, -0.15) is 4.98 Å². The van der Waals surface area contributed by atoms with Gasteiger partial charge < -0.3 is 9.84 Å². The van der Waals surface area contributed by atoms with Crippen LogP contribution in [0.5, 0.6) is 10.9 Å². The van der Waals surface area contributed by atoms with Crippen molar-refractivity contribution in [3.05, 3.63) is 34.0 Å². The number of carboxylic acids is 1. The first-order valence-electron chi connectivity index (χ1n) is 4.14. The van der Waals surface area contributed by atoms with Gasteiger partial charge in [0.2, 0.25) is 0 Å². The molecule has 7 heteroatoms. The van der Waals surface area contributed by atoms with Gasteiger partial charge in [-0.25, -0.2) is 4.79 Å². The molecule has 0 radical (unpaired) electrons. The highest BCUT2D eigenvalue weighted by atomic mass is 79.9. The predicted molar refractivity (Wildman–Crippen MR) is 61.1 cm³/mol. The van der Waals surface area contributed by atoms with Crippen LogP contribution in [0.2, 0.25) is 0 Å². The van der Waals surface area contributed by atoms with Crippen LogP contribution in [0, 0.1) is 0 Å². The van der Waals surface area contributed by atoms with Crippen LogP contribution in [-0.4, -0.2) is 21.0 Å². The number of aromatic carboxylic acids is 1. The third-order valence-corrected chi connectivity index (χ3v) is 3.36. The summed E-state index contributed by atoms with van der Waals surface area (Å²) in [6.07, 6.45) is 3.14. The molecule has 0 spiro atoms. The summed E-state index contributed by atoms with van der Waals surface area (Å²) in [7, 11) is 0. The van der Waals surface area contributed by atoms with E-state index < -0.39 is 5.97 Å². The lowest BCUT2D eigenvalue weighted by Crippen LogP contribution is -1.91. The smallest absolute Gasteiger partial charge is 0.348 e. The molecule has 82 valence electrons. The SMILES string of the molecule is O=C(O)c1sc(Oc2cccnc2)nc1Br. The number of hydrogen-bond acceptors (Lipinski definition) is 5. The van der Waals surface area contributed by atoms with E-state index in [2.05, 4.69) is 25.9 Å². The number of carbonyl (C=O) groups is 1. The lowest BCUT2D eigenvalue weighted by Gasteiger charge is -1.98. The standard InChI is InChI=1S/C9H5BrN2O3S/c10-7-6(8(13)14)16-9(12-7)15-5-2-1-3-11-4-5/h1-4H,(H,13,14). The van der Waals surface area contributed by atoms with E-state index in [-0.39, 0.29) is 14.7 Å². The number of pyridine rings is 1. The highest BCUT2D eigenvalue weighted by Gasteiger charge is 2.16. The van der Waals surface area contributed by atoms with E-state index in [1.807, 2.05) is 0 Å². The average Bonchev–Trinajstić information content (AvgIpc) is 2.61. The average molecular weight is 301 g/mol. The van der Waals surface area contributed by atoms with Crippen LogP contribution in [-0.2, 0) is 0 Å². The van der Waals surface area contributed by atoms with Crippen molar-refractivity contribution in [3.63, 3.8) is 0 Å². The summed E-state index contributed by atoms with van der Waals surface area (Å²) < 4.78 is 5.61. The molecule has 0 unspecified atom stereocenters. The van der Waals surface area contributed by atoms with Crippen LogP contribution in [0.4, 0.5) is 0 Å². The number of nitrogens with zero attached hydrogens (tertiary/aromatic N) is 2. The monoisotopic (exact) mass is 300 g/mol. The van der Waals surface area contributed by atoms with Crippen molar-refractivity contribution in [1.29, 1.82) is 0 Å². The van der Waals surface area contributed by atoms with Gasteiger partial charge in [0.15, 0.2) is 0 Å². The molecule has 16 heavy (non-hydrogen) atoms. The molecule has 5 nitrogen and oxygen atoms in total. The summed E-state index contributed by atoms with van der Waals surface area (Å²) in [5, 5.41) is 9.08. The van der Waals surface area contributed by atoms with Gasteiger partial charge >= 0.3 is 5.97 Å². The lowest BCUT2D eigenvalue weighted by atomic mass is 10.5. The molecule has 0 amide bonds. The van der Waals surface area contributed by atoms with Crippen LogP contribution in [0.1, 0.15) is 9.67 Å². The summed E-state index contributed by atoms with van der Waals surface area (Å²) in [6, 6.07) is 3.43. The van der Waals surface area contributed by atoms with Crippen LogP contribution in [0.25, 0.3) is 0 Å². The molecule has 0 atom stereocenters. The number of carboxylic acid groups (broad SMARTS) is 1. The molecule has 2 heterocycles. The van der Waals surface area contributed by atoms with E-state index in [0.717, 1.165) is 11.3 Å². The third kappa shape index (κ3) is 2.37. The number of rotatable bonds is 3. The maximum atomic E-state index is 10.8. The summed E-state index contributed by atoms with van der Waals surface area (Å²) in [6.45, 7) is 0. The molecule has 2 aromatic heterocycles. The van der Waals surface area contributed by atoms with E-state index >= 15 is 0 Å². The Morgan fingerprint density at radius 2 is 2.38 bits per heavy atom. The van der Waals surface area contributed by atoms with Crippen molar-refractivity contribution in [3.8, 4) is 10.9 Å². The zero-order valence-electron chi connectivity index (χ0n) is 7.75. The molecule has 0 saturated heterocycles. The quantitative estimate of drug-likeness (QED) is 0.943. The molecular weight excluding hydrogens is 296 g/mol. The second-order valence-corrected chi connectivity index (χ2v) is 4.41. The Labute approximate surface area is 103 Å². The van der Waals surface area contributed by atoms with Gasteiger partial charge in [0.05, 0.1) is 6.20 Å². The molecule has 0 aliphatic carbocycles. The van der Waals surface area contributed by atoms with Crippen LogP contribution >= 0.6 is 27.3 Å². The number of ether oxygens (including phenoxy) is 1. The minimum absolute atomic E-state index is 0.110. The zero-order valence-corrected chi connectivity index (χ0v) is 10.2. The second kappa shape index (κ2) is 4.58. The maximum Gasteiger partial charge on any atom is 0.348 e. The molecule has 1 N–H and O–H groups in total. The fraction of sp³-hybridized carbons (Fsp3) is 0. The number of halogens is 1. The molecule has 0 fully saturated rings. The first kappa shape index (κ1) is 11.0. The molecule has 0 aliphatic heterocycles. The van der Waals surface area contributed by atoms with Gasteiger partial charge in [-0.3, -0.25) is 4.98 Å². The van der Waals surface area contributed by atoms with E-state index in [1.54, 1.807) is 18.3 Å². The van der Waals surface area contributed by atoms with Crippen molar-refractivity contribution < 1.29 is 14.6 Å². The summed E-state index contributed by atoms with van der Waals surface area (Å²) in [4.78, 5) is 18.7. The fourth-order valence-corrected chi connectivity index (χ4v) is 2.32. The van der Waals surface area contributed by atoms with Crippen molar-refractivity contribution in [2.45, 2.75) is 0 Å². The number of thiazole rings is 1. The molecule has 0 saturated carbocycles. The molecular formula is C9H5BrN2O3S. The fourth-order valence-electron chi connectivity index (χ4n) is 0.967. The predicted octanol–water partition coefficient (Wildman–Crippen LogP) is 2.79.